The molecule has 0 bridgehead atoms. The van der Waals surface area contributed by atoms with Crippen LogP contribution in [-0.4, -0.2) is 54.4 Å². The maximum absolute atomic E-state index is 12.5. The highest BCUT2D eigenvalue weighted by Gasteiger charge is 2.31. The summed E-state index contributed by atoms with van der Waals surface area (Å²) < 4.78 is 37.5. The minimum atomic E-state index is -4.47. The fourth-order valence-corrected chi connectivity index (χ4v) is 2.11. The lowest BCUT2D eigenvalue weighted by Crippen LogP contribution is -2.45. The Morgan fingerprint density at radius 2 is 1.88 bits per heavy atom. The highest BCUT2D eigenvalue weighted by atomic mass is 19.4. The fraction of sp³-hybridized carbons (Fsp3) is 0.500. The first-order valence-corrected chi connectivity index (χ1v) is 7.69. The van der Waals surface area contributed by atoms with E-state index >= 15 is 0 Å². The van der Waals surface area contributed by atoms with Crippen LogP contribution in [-0.2, 0) is 4.79 Å². The number of alkyl halides is 3. The van der Waals surface area contributed by atoms with E-state index in [2.05, 4.69) is 5.32 Å². The van der Waals surface area contributed by atoms with E-state index in [0.29, 0.717) is 5.69 Å². The normalized spacial score (nSPS) is 11.5. The Kier molecular flexibility index (Phi) is 7.85. The number of rotatable bonds is 7. The van der Waals surface area contributed by atoms with Crippen molar-refractivity contribution < 1.29 is 27.9 Å². The molecule has 9 heteroatoms. The molecule has 140 valence electrons. The van der Waals surface area contributed by atoms with Gasteiger partial charge in [-0.15, -0.1) is 0 Å². The second-order valence-electron chi connectivity index (χ2n) is 5.70. The molecule has 0 heterocycles. The van der Waals surface area contributed by atoms with E-state index in [1.165, 1.54) is 0 Å². The van der Waals surface area contributed by atoms with Crippen molar-refractivity contribution in [1.82, 2.24) is 10.2 Å². The van der Waals surface area contributed by atoms with Crippen molar-refractivity contribution in [2.75, 3.05) is 31.6 Å². The summed E-state index contributed by atoms with van der Waals surface area (Å²) in [5.74, 6) is -0.858. The van der Waals surface area contributed by atoms with Gasteiger partial charge < -0.3 is 10.4 Å². The molecule has 0 aliphatic heterocycles. The van der Waals surface area contributed by atoms with Gasteiger partial charge in [-0.2, -0.15) is 13.2 Å². The zero-order valence-electron chi connectivity index (χ0n) is 14.1. The molecule has 0 aromatic heterocycles. The zero-order chi connectivity index (χ0) is 19.0. The third kappa shape index (κ3) is 8.50. The van der Waals surface area contributed by atoms with Gasteiger partial charge in [0.2, 0.25) is 5.91 Å². The second kappa shape index (κ2) is 9.38. The lowest BCUT2D eigenvalue weighted by Gasteiger charge is -2.22. The number of nitrogens with zero attached hydrogens (tertiary/aromatic N) is 1. The van der Waals surface area contributed by atoms with Gasteiger partial charge in [0.15, 0.2) is 0 Å². The number of imide groups is 1. The zero-order valence-corrected chi connectivity index (χ0v) is 14.1. The van der Waals surface area contributed by atoms with Gasteiger partial charge in [-0.25, -0.2) is 4.79 Å². The van der Waals surface area contributed by atoms with Crippen LogP contribution >= 0.6 is 0 Å². The van der Waals surface area contributed by atoms with Crippen LogP contribution in [0.2, 0.25) is 0 Å². The highest BCUT2D eigenvalue weighted by Crippen LogP contribution is 2.16. The smallest absolute Gasteiger partial charge is 0.396 e. The van der Waals surface area contributed by atoms with E-state index < -0.39 is 31.2 Å². The van der Waals surface area contributed by atoms with Crippen LogP contribution in [0, 0.1) is 13.8 Å². The monoisotopic (exact) mass is 361 g/mol. The van der Waals surface area contributed by atoms with Gasteiger partial charge >= 0.3 is 12.2 Å². The molecule has 0 unspecified atom stereocenters. The van der Waals surface area contributed by atoms with Crippen LogP contribution in [0.1, 0.15) is 17.5 Å². The molecule has 1 aromatic rings. The summed E-state index contributed by atoms with van der Waals surface area (Å²) >= 11 is 0. The Morgan fingerprint density at radius 1 is 1.20 bits per heavy atom. The lowest BCUT2D eigenvalue weighted by molar-refractivity contribution is -0.148. The molecule has 0 fully saturated rings. The quantitative estimate of drug-likeness (QED) is 0.695. The van der Waals surface area contributed by atoms with Crippen molar-refractivity contribution in [1.29, 1.82) is 0 Å². The molecule has 0 radical (unpaired) electrons. The third-order valence-corrected chi connectivity index (χ3v) is 3.42. The molecule has 0 spiro atoms. The third-order valence-electron chi connectivity index (χ3n) is 3.42. The number of benzene rings is 1. The van der Waals surface area contributed by atoms with Crippen molar-refractivity contribution in [2.45, 2.75) is 26.4 Å². The van der Waals surface area contributed by atoms with E-state index in [-0.39, 0.29) is 19.6 Å². The van der Waals surface area contributed by atoms with Crippen molar-refractivity contribution in [2.24, 2.45) is 0 Å². The first-order chi connectivity index (χ1) is 11.6. The first-order valence-electron chi connectivity index (χ1n) is 7.69. The standard InChI is InChI=1S/C16H22F3N3O3/c1-11-4-5-13(8-12(11)2)20-15(25)21-14(24)9-22(6-3-7-23)10-16(17,18)19/h4-5,8,23H,3,6-7,9-10H2,1-2H3,(H2,20,21,24,25). The van der Waals surface area contributed by atoms with Crippen LogP contribution in [0.15, 0.2) is 18.2 Å². The SMILES string of the molecule is Cc1ccc(NC(=O)NC(=O)CN(CCCO)CC(F)(F)F)cc1C. The number of urea groups is 1. The molecule has 3 amide bonds. The molecule has 1 rings (SSSR count). The number of aryl methyl sites for hydroxylation is 2. The van der Waals surface area contributed by atoms with E-state index in [4.69, 9.17) is 5.11 Å². The van der Waals surface area contributed by atoms with Gasteiger partial charge in [-0.3, -0.25) is 15.0 Å². The van der Waals surface area contributed by atoms with Gasteiger partial charge in [0.05, 0.1) is 13.1 Å². The summed E-state index contributed by atoms with van der Waals surface area (Å²) in [4.78, 5) is 24.4. The number of amides is 3. The average molecular weight is 361 g/mol. The van der Waals surface area contributed by atoms with E-state index in [0.717, 1.165) is 16.0 Å². The van der Waals surface area contributed by atoms with Crippen LogP contribution < -0.4 is 10.6 Å². The Hall–Kier alpha value is -2.13. The predicted molar refractivity (Wildman–Crippen MR) is 87.3 cm³/mol. The number of aliphatic hydroxyl groups is 1. The average Bonchev–Trinajstić information content (AvgIpc) is 2.46. The molecular weight excluding hydrogens is 339 g/mol. The Balaban J connectivity index is 2.56. The highest BCUT2D eigenvalue weighted by molar-refractivity contribution is 6.01. The summed E-state index contributed by atoms with van der Waals surface area (Å²) in [6, 6.07) is 4.36. The molecule has 0 aliphatic carbocycles. The van der Waals surface area contributed by atoms with E-state index in [1.54, 1.807) is 18.2 Å². The fourth-order valence-electron chi connectivity index (χ4n) is 2.11. The minimum Gasteiger partial charge on any atom is -0.396 e. The summed E-state index contributed by atoms with van der Waals surface area (Å²) in [6.07, 6.45) is -4.38. The molecule has 1 aromatic carbocycles. The predicted octanol–water partition coefficient (Wildman–Crippen LogP) is 2.20. The van der Waals surface area contributed by atoms with Crippen molar-refractivity contribution in [3.63, 3.8) is 0 Å². The number of aliphatic hydroxyl groups excluding tert-OH is 1. The van der Waals surface area contributed by atoms with E-state index in [9.17, 15) is 22.8 Å². The van der Waals surface area contributed by atoms with E-state index in [1.807, 2.05) is 19.2 Å². The number of carbonyl (C=O) groups is 2. The maximum Gasteiger partial charge on any atom is 0.401 e. The van der Waals surface area contributed by atoms with Crippen LogP contribution in [0.3, 0.4) is 0 Å². The summed E-state index contributed by atoms with van der Waals surface area (Å²) in [5, 5.41) is 13.2. The molecule has 0 aliphatic rings. The van der Waals surface area contributed by atoms with Crippen LogP contribution in [0.4, 0.5) is 23.7 Å². The van der Waals surface area contributed by atoms with Crippen molar-refractivity contribution >= 4 is 17.6 Å². The molecule has 6 nitrogen and oxygen atoms in total. The number of hydrogen-bond acceptors (Lipinski definition) is 4. The Bertz CT molecular complexity index is 606. The second-order valence-corrected chi connectivity index (χ2v) is 5.70. The Labute approximate surface area is 144 Å². The van der Waals surface area contributed by atoms with Crippen molar-refractivity contribution in [3.8, 4) is 0 Å². The number of carbonyl (C=O) groups excluding carboxylic acids is 2. The van der Waals surface area contributed by atoms with Gasteiger partial charge in [0.1, 0.15) is 0 Å². The molecule has 3 N–H and O–H groups in total. The number of halogens is 3. The summed E-state index contributed by atoms with van der Waals surface area (Å²) in [6.45, 7) is 1.48. The van der Waals surface area contributed by atoms with Crippen LogP contribution in [0.25, 0.3) is 0 Å². The first kappa shape index (κ1) is 20.9. The molecule has 0 saturated carbocycles. The lowest BCUT2D eigenvalue weighted by atomic mass is 10.1. The largest absolute Gasteiger partial charge is 0.401 e. The van der Waals surface area contributed by atoms with Gasteiger partial charge in [0.25, 0.3) is 0 Å². The van der Waals surface area contributed by atoms with Gasteiger partial charge in [-0.05, 0) is 43.5 Å². The Morgan fingerprint density at radius 3 is 2.44 bits per heavy atom. The minimum absolute atomic E-state index is 0.0954. The van der Waals surface area contributed by atoms with Gasteiger partial charge in [-0.1, -0.05) is 6.07 Å². The summed E-state index contributed by atoms with van der Waals surface area (Å²) in [7, 11) is 0. The molecule has 0 saturated heterocycles. The number of hydrogen-bond donors (Lipinski definition) is 3. The molecular formula is C16H22F3N3O3. The molecule has 25 heavy (non-hydrogen) atoms. The number of anilines is 1. The maximum atomic E-state index is 12.5. The number of nitrogens with one attached hydrogen (secondary N) is 2. The summed E-state index contributed by atoms with van der Waals surface area (Å²) in [5.41, 5.74) is 2.46. The van der Waals surface area contributed by atoms with Crippen molar-refractivity contribution in [3.05, 3.63) is 29.3 Å². The molecule has 0 atom stereocenters. The van der Waals surface area contributed by atoms with Crippen LogP contribution in [0.5, 0.6) is 0 Å². The topological polar surface area (TPSA) is 81.7 Å². The van der Waals surface area contributed by atoms with Gasteiger partial charge in [0, 0.05) is 18.8 Å².